The van der Waals surface area contributed by atoms with E-state index in [-0.39, 0.29) is 5.82 Å². The van der Waals surface area contributed by atoms with Gasteiger partial charge in [0.05, 0.1) is 0 Å². The first-order valence-corrected chi connectivity index (χ1v) is 6.92. The third-order valence-electron chi connectivity index (χ3n) is 3.68. The molecule has 0 amide bonds. The van der Waals surface area contributed by atoms with Gasteiger partial charge in [-0.2, -0.15) is 0 Å². The summed E-state index contributed by atoms with van der Waals surface area (Å²) in [6.07, 6.45) is 5.18. The fraction of sp³-hybridized carbons (Fsp3) is 0.600. The molecule has 1 saturated heterocycles. The van der Waals surface area contributed by atoms with Crippen LogP contribution in [0.4, 0.5) is 4.39 Å². The molecule has 2 rings (SSSR count). The lowest BCUT2D eigenvalue weighted by atomic mass is 10.0. The Bertz CT molecular complexity index is 352. The van der Waals surface area contributed by atoms with Crippen molar-refractivity contribution in [3.8, 4) is 5.75 Å². The molecule has 0 aromatic heterocycles. The van der Waals surface area contributed by atoms with E-state index in [4.69, 9.17) is 4.74 Å². The predicted molar refractivity (Wildman–Crippen MR) is 71.4 cm³/mol. The Labute approximate surface area is 109 Å². The fourth-order valence-electron chi connectivity index (χ4n) is 2.63. The van der Waals surface area contributed by atoms with Crippen molar-refractivity contribution in [1.82, 2.24) is 4.90 Å². The maximum absolute atomic E-state index is 12.7. The quantitative estimate of drug-likeness (QED) is 0.794. The van der Waals surface area contributed by atoms with Gasteiger partial charge in [-0.3, -0.25) is 4.90 Å². The molecule has 1 aromatic rings. The molecule has 1 aromatic carbocycles. The SMILES string of the molecule is CCC1CCCCN1CCOc1ccc(F)cc1. The number of hydrogen-bond donors (Lipinski definition) is 0. The third-order valence-corrected chi connectivity index (χ3v) is 3.68. The normalized spacial score (nSPS) is 20.9. The van der Waals surface area contributed by atoms with Crippen molar-refractivity contribution < 1.29 is 9.13 Å². The monoisotopic (exact) mass is 251 g/mol. The number of ether oxygens (including phenoxy) is 1. The van der Waals surface area contributed by atoms with Gasteiger partial charge in [0.15, 0.2) is 0 Å². The van der Waals surface area contributed by atoms with Gasteiger partial charge in [0.1, 0.15) is 18.2 Å². The second kappa shape index (κ2) is 6.74. The third kappa shape index (κ3) is 3.70. The Balaban J connectivity index is 1.75. The Morgan fingerprint density at radius 1 is 1.28 bits per heavy atom. The topological polar surface area (TPSA) is 12.5 Å². The van der Waals surface area contributed by atoms with Crippen LogP contribution in [0, 0.1) is 5.82 Å². The molecule has 1 aliphatic rings. The van der Waals surface area contributed by atoms with E-state index >= 15 is 0 Å². The van der Waals surface area contributed by atoms with E-state index < -0.39 is 0 Å². The first-order chi connectivity index (χ1) is 8.79. The number of piperidine rings is 1. The summed E-state index contributed by atoms with van der Waals surface area (Å²) >= 11 is 0. The summed E-state index contributed by atoms with van der Waals surface area (Å²) in [5, 5.41) is 0. The van der Waals surface area contributed by atoms with E-state index in [9.17, 15) is 4.39 Å². The number of likely N-dealkylation sites (tertiary alicyclic amines) is 1. The minimum Gasteiger partial charge on any atom is -0.492 e. The molecule has 0 aliphatic carbocycles. The maximum atomic E-state index is 12.7. The van der Waals surface area contributed by atoms with Crippen molar-refractivity contribution >= 4 is 0 Å². The van der Waals surface area contributed by atoms with Crippen LogP contribution in [0.2, 0.25) is 0 Å². The van der Waals surface area contributed by atoms with Gasteiger partial charge in [-0.25, -0.2) is 4.39 Å². The molecule has 3 heteroatoms. The smallest absolute Gasteiger partial charge is 0.123 e. The summed E-state index contributed by atoms with van der Waals surface area (Å²) in [4.78, 5) is 2.52. The van der Waals surface area contributed by atoms with Crippen molar-refractivity contribution in [2.24, 2.45) is 0 Å². The molecule has 1 heterocycles. The summed E-state index contributed by atoms with van der Waals surface area (Å²) in [5.74, 6) is 0.533. The molecule has 0 N–H and O–H groups in total. The Kier molecular flexibility index (Phi) is 5.00. The first kappa shape index (κ1) is 13.3. The predicted octanol–water partition coefficient (Wildman–Crippen LogP) is 3.47. The van der Waals surface area contributed by atoms with Crippen LogP contribution in [-0.2, 0) is 0 Å². The highest BCUT2D eigenvalue weighted by atomic mass is 19.1. The first-order valence-electron chi connectivity index (χ1n) is 6.92. The van der Waals surface area contributed by atoms with Crippen LogP contribution in [0.5, 0.6) is 5.75 Å². The summed E-state index contributed by atoms with van der Waals surface area (Å²) in [7, 11) is 0. The zero-order chi connectivity index (χ0) is 12.8. The van der Waals surface area contributed by atoms with Crippen LogP contribution in [0.1, 0.15) is 32.6 Å². The second-order valence-electron chi connectivity index (χ2n) is 4.90. The molecular weight excluding hydrogens is 229 g/mol. The van der Waals surface area contributed by atoms with Gasteiger partial charge in [-0.05, 0) is 50.1 Å². The number of benzene rings is 1. The van der Waals surface area contributed by atoms with Gasteiger partial charge in [-0.1, -0.05) is 13.3 Å². The molecule has 0 saturated carbocycles. The van der Waals surface area contributed by atoms with Crippen LogP contribution in [0.25, 0.3) is 0 Å². The summed E-state index contributed by atoms with van der Waals surface area (Å²) in [6.45, 7) is 5.09. The minimum absolute atomic E-state index is 0.218. The minimum atomic E-state index is -0.218. The Morgan fingerprint density at radius 2 is 2.06 bits per heavy atom. The summed E-state index contributed by atoms with van der Waals surface area (Å²) in [6, 6.07) is 6.96. The highest BCUT2D eigenvalue weighted by molar-refractivity contribution is 5.21. The van der Waals surface area contributed by atoms with E-state index in [0.29, 0.717) is 6.61 Å². The molecule has 0 spiro atoms. The lowest BCUT2D eigenvalue weighted by Gasteiger charge is -2.34. The zero-order valence-corrected chi connectivity index (χ0v) is 11.1. The van der Waals surface area contributed by atoms with Crippen LogP contribution in [0.15, 0.2) is 24.3 Å². The summed E-state index contributed by atoms with van der Waals surface area (Å²) in [5.41, 5.74) is 0. The van der Waals surface area contributed by atoms with Crippen molar-refractivity contribution in [1.29, 1.82) is 0 Å². The zero-order valence-electron chi connectivity index (χ0n) is 11.1. The van der Waals surface area contributed by atoms with Crippen LogP contribution in [0.3, 0.4) is 0 Å². The second-order valence-corrected chi connectivity index (χ2v) is 4.90. The summed E-state index contributed by atoms with van der Waals surface area (Å²) < 4.78 is 18.4. The van der Waals surface area contributed by atoms with E-state index in [0.717, 1.165) is 18.3 Å². The molecule has 1 atom stereocenters. The molecule has 1 unspecified atom stereocenters. The highest BCUT2D eigenvalue weighted by Crippen LogP contribution is 2.19. The number of rotatable bonds is 5. The van der Waals surface area contributed by atoms with E-state index in [1.54, 1.807) is 12.1 Å². The van der Waals surface area contributed by atoms with Crippen molar-refractivity contribution in [2.75, 3.05) is 19.7 Å². The number of hydrogen-bond acceptors (Lipinski definition) is 2. The van der Waals surface area contributed by atoms with Crippen LogP contribution in [-0.4, -0.2) is 30.6 Å². The van der Waals surface area contributed by atoms with Crippen molar-refractivity contribution in [3.63, 3.8) is 0 Å². The molecule has 0 radical (unpaired) electrons. The molecule has 0 bridgehead atoms. The number of nitrogens with zero attached hydrogens (tertiary/aromatic N) is 1. The van der Waals surface area contributed by atoms with Crippen molar-refractivity contribution in [2.45, 2.75) is 38.6 Å². The van der Waals surface area contributed by atoms with Gasteiger partial charge in [0.2, 0.25) is 0 Å². The van der Waals surface area contributed by atoms with Gasteiger partial charge in [-0.15, -0.1) is 0 Å². The number of halogens is 1. The Hall–Kier alpha value is -1.09. The highest BCUT2D eigenvalue weighted by Gasteiger charge is 2.20. The standard InChI is InChI=1S/C15H22FNO/c1-2-14-5-3-4-10-17(14)11-12-18-15-8-6-13(16)7-9-15/h6-9,14H,2-5,10-12H2,1H3. The molecular formula is C15H22FNO. The van der Waals surface area contributed by atoms with Crippen LogP contribution >= 0.6 is 0 Å². The van der Waals surface area contributed by atoms with Gasteiger partial charge < -0.3 is 4.74 Å². The lowest BCUT2D eigenvalue weighted by molar-refractivity contribution is 0.120. The molecule has 100 valence electrons. The molecule has 1 aliphatic heterocycles. The van der Waals surface area contributed by atoms with Crippen LogP contribution < -0.4 is 4.74 Å². The average Bonchev–Trinajstić information content (AvgIpc) is 2.41. The average molecular weight is 251 g/mol. The lowest BCUT2D eigenvalue weighted by Crippen LogP contribution is -2.41. The molecule has 18 heavy (non-hydrogen) atoms. The maximum Gasteiger partial charge on any atom is 0.123 e. The largest absolute Gasteiger partial charge is 0.492 e. The van der Waals surface area contributed by atoms with E-state index in [2.05, 4.69) is 11.8 Å². The van der Waals surface area contributed by atoms with Gasteiger partial charge in [0, 0.05) is 12.6 Å². The molecule has 2 nitrogen and oxygen atoms in total. The van der Waals surface area contributed by atoms with Crippen molar-refractivity contribution in [3.05, 3.63) is 30.1 Å². The molecule has 1 fully saturated rings. The Morgan fingerprint density at radius 3 is 2.78 bits per heavy atom. The van der Waals surface area contributed by atoms with E-state index in [1.807, 2.05) is 0 Å². The fourth-order valence-corrected chi connectivity index (χ4v) is 2.63. The van der Waals surface area contributed by atoms with Gasteiger partial charge >= 0.3 is 0 Å². The van der Waals surface area contributed by atoms with E-state index in [1.165, 1.54) is 44.4 Å². The van der Waals surface area contributed by atoms with Gasteiger partial charge in [0.25, 0.3) is 0 Å².